The summed E-state index contributed by atoms with van der Waals surface area (Å²) in [6.45, 7) is 2.25. The summed E-state index contributed by atoms with van der Waals surface area (Å²) < 4.78 is 28.4. The summed E-state index contributed by atoms with van der Waals surface area (Å²) in [6.07, 6.45) is 2.48. The van der Waals surface area contributed by atoms with Crippen molar-refractivity contribution in [1.82, 2.24) is 10.6 Å². The lowest BCUT2D eigenvalue weighted by molar-refractivity contribution is 0.236. The number of halogens is 1. The summed E-state index contributed by atoms with van der Waals surface area (Å²) in [5.41, 5.74) is 2.93. The van der Waals surface area contributed by atoms with E-state index in [-0.39, 0.29) is 22.9 Å². The standard InChI is InChI=1S/C21H26ClN3O4S/c1-13(25-21(26)24-12-16-10-17(22)5-8-20(16)29-2)9-14-3-4-15-11-18(30(23,27)28)6-7-19(14)15/h5-8,10-11,13-14H,3-4,9,12H2,1-2H3,(H2,23,27,28)(H2,24,25,26). The number of rotatable bonds is 7. The molecule has 3 rings (SSSR count). The van der Waals surface area contributed by atoms with Gasteiger partial charge in [0.1, 0.15) is 5.75 Å². The van der Waals surface area contributed by atoms with E-state index in [1.807, 2.05) is 13.0 Å². The summed E-state index contributed by atoms with van der Waals surface area (Å²) in [7, 11) is -2.13. The summed E-state index contributed by atoms with van der Waals surface area (Å²) in [5, 5.41) is 11.6. The predicted molar refractivity (Wildman–Crippen MR) is 116 cm³/mol. The molecule has 2 unspecified atom stereocenters. The Morgan fingerprint density at radius 1 is 1.30 bits per heavy atom. The highest BCUT2D eigenvalue weighted by atomic mass is 35.5. The number of sulfonamides is 1. The van der Waals surface area contributed by atoms with Crippen LogP contribution >= 0.6 is 11.6 Å². The molecule has 2 amide bonds. The highest BCUT2D eigenvalue weighted by Crippen LogP contribution is 2.37. The maximum absolute atomic E-state index is 12.3. The summed E-state index contributed by atoms with van der Waals surface area (Å²) in [6, 6.07) is 9.98. The van der Waals surface area contributed by atoms with E-state index in [4.69, 9.17) is 21.5 Å². The number of primary sulfonamides is 1. The number of nitrogens with two attached hydrogens (primary N) is 1. The molecule has 2 aromatic rings. The largest absolute Gasteiger partial charge is 0.496 e. The molecule has 9 heteroatoms. The van der Waals surface area contributed by atoms with E-state index < -0.39 is 10.0 Å². The van der Waals surface area contributed by atoms with Crippen LogP contribution in [0.1, 0.15) is 42.4 Å². The van der Waals surface area contributed by atoms with Crippen molar-refractivity contribution in [2.45, 2.75) is 49.6 Å². The Morgan fingerprint density at radius 2 is 2.07 bits per heavy atom. The first-order valence-corrected chi connectivity index (χ1v) is 11.6. The van der Waals surface area contributed by atoms with Gasteiger partial charge in [0.2, 0.25) is 10.0 Å². The Balaban J connectivity index is 1.55. The third kappa shape index (κ3) is 5.44. The summed E-state index contributed by atoms with van der Waals surface area (Å²) in [4.78, 5) is 12.5. The zero-order valence-electron chi connectivity index (χ0n) is 16.9. The van der Waals surface area contributed by atoms with Crippen molar-refractivity contribution in [2.75, 3.05) is 7.11 Å². The molecule has 0 saturated carbocycles. The van der Waals surface area contributed by atoms with Gasteiger partial charge in [-0.1, -0.05) is 17.7 Å². The number of ether oxygens (including phenoxy) is 1. The van der Waals surface area contributed by atoms with E-state index in [0.717, 1.165) is 36.0 Å². The number of methoxy groups -OCH3 is 1. The quantitative estimate of drug-likeness (QED) is 0.599. The number of benzene rings is 2. The number of carbonyl (C=O) groups excluding carboxylic acids is 1. The predicted octanol–water partition coefficient (Wildman–Crippen LogP) is 3.30. The average molecular weight is 452 g/mol. The van der Waals surface area contributed by atoms with Crippen LogP contribution in [0.2, 0.25) is 5.02 Å². The molecule has 7 nitrogen and oxygen atoms in total. The monoisotopic (exact) mass is 451 g/mol. The lowest BCUT2D eigenvalue weighted by atomic mass is 9.94. The molecule has 0 fully saturated rings. The molecular weight excluding hydrogens is 426 g/mol. The maximum Gasteiger partial charge on any atom is 0.315 e. The molecule has 2 atom stereocenters. The third-order valence-electron chi connectivity index (χ3n) is 5.34. The SMILES string of the molecule is COc1ccc(Cl)cc1CNC(=O)NC(C)CC1CCc2cc(S(N)(=O)=O)ccc21. The topological polar surface area (TPSA) is 111 Å². The number of amides is 2. The first kappa shape index (κ1) is 22.4. The number of hydrogen-bond acceptors (Lipinski definition) is 4. The zero-order valence-corrected chi connectivity index (χ0v) is 18.5. The van der Waals surface area contributed by atoms with Gasteiger partial charge in [0, 0.05) is 23.2 Å². The molecule has 0 saturated heterocycles. The molecule has 0 spiro atoms. The Hall–Kier alpha value is -2.29. The number of nitrogens with one attached hydrogen (secondary N) is 2. The number of carbonyl (C=O) groups is 1. The Kier molecular flexibility index (Phi) is 6.90. The fourth-order valence-corrected chi connectivity index (χ4v) is 4.68. The molecule has 162 valence electrons. The van der Waals surface area contributed by atoms with Crippen LogP contribution in [0.3, 0.4) is 0 Å². The minimum Gasteiger partial charge on any atom is -0.496 e. The molecule has 1 aliphatic rings. The molecule has 2 aromatic carbocycles. The highest BCUT2D eigenvalue weighted by molar-refractivity contribution is 7.89. The third-order valence-corrected chi connectivity index (χ3v) is 6.49. The number of fused-ring (bicyclic) bond motifs is 1. The van der Waals surface area contributed by atoms with Gasteiger partial charge in [-0.2, -0.15) is 0 Å². The number of hydrogen-bond donors (Lipinski definition) is 3. The lowest BCUT2D eigenvalue weighted by Crippen LogP contribution is -2.41. The van der Waals surface area contributed by atoms with Crippen molar-refractivity contribution in [3.63, 3.8) is 0 Å². The second-order valence-electron chi connectivity index (χ2n) is 7.56. The minimum atomic E-state index is -3.70. The van der Waals surface area contributed by atoms with E-state index in [2.05, 4.69) is 10.6 Å². The zero-order chi connectivity index (χ0) is 21.9. The van der Waals surface area contributed by atoms with Gasteiger partial charge < -0.3 is 15.4 Å². The van der Waals surface area contributed by atoms with Crippen molar-refractivity contribution in [3.05, 3.63) is 58.1 Å². The van der Waals surface area contributed by atoms with Crippen LogP contribution < -0.4 is 20.5 Å². The van der Waals surface area contributed by atoms with Crippen LogP contribution in [0.5, 0.6) is 5.75 Å². The molecular formula is C21H26ClN3O4S. The van der Waals surface area contributed by atoms with E-state index in [9.17, 15) is 13.2 Å². The highest BCUT2D eigenvalue weighted by Gasteiger charge is 2.26. The Morgan fingerprint density at radius 3 is 2.77 bits per heavy atom. The van der Waals surface area contributed by atoms with Crippen LogP contribution in [0.15, 0.2) is 41.3 Å². The molecule has 1 aliphatic carbocycles. The smallest absolute Gasteiger partial charge is 0.315 e. The number of aryl methyl sites for hydroxylation is 1. The first-order chi connectivity index (χ1) is 14.2. The van der Waals surface area contributed by atoms with Crippen LogP contribution in [-0.4, -0.2) is 27.6 Å². The molecule has 0 aromatic heterocycles. The van der Waals surface area contributed by atoms with Crippen molar-refractivity contribution < 1.29 is 17.9 Å². The van der Waals surface area contributed by atoms with E-state index in [1.165, 1.54) is 0 Å². The summed E-state index contributed by atoms with van der Waals surface area (Å²) in [5.74, 6) is 0.923. The van der Waals surface area contributed by atoms with Crippen molar-refractivity contribution >= 4 is 27.7 Å². The van der Waals surface area contributed by atoms with Crippen LogP contribution in [0.4, 0.5) is 4.79 Å². The van der Waals surface area contributed by atoms with Gasteiger partial charge in [-0.05, 0) is 73.6 Å². The van der Waals surface area contributed by atoms with E-state index >= 15 is 0 Å². The Bertz CT molecular complexity index is 1040. The second-order valence-corrected chi connectivity index (χ2v) is 9.56. The van der Waals surface area contributed by atoms with Crippen LogP contribution in [0.25, 0.3) is 0 Å². The van der Waals surface area contributed by atoms with Crippen LogP contribution in [-0.2, 0) is 23.0 Å². The molecule has 30 heavy (non-hydrogen) atoms. The average Bonchev–Trinajstić information content (AvgIpc) is 3.07. The number of urea groups is 1. The van der Waals surface area contributed by atoms with Gasteiger partial charge >= 0.3 is 6.03 Å². The lowest BCUT2D eigenvalue weighted by Gasteiger charge is -2.20. The van der Waals surface area contributed by atoms with Gasteiger partial charge in [-0.15, -0.1) is 0 Å². The molecule has 0 aliphatic heterocycles. The van der Waals surface area contributed by atoms with Gasteiger partial charge in [0.15, 0.2) is 0 Å². The summed E-state index contributed by atoms with van der Waals surface area (Å²) >= 11 is 6.02. The van der Waals surface area contributed by atoms with Crippen molar-refractivity contribution in [2.24, 2.45) is 5.14 Å². The van der Waals surface area contributed by atoms with Crippen LogP contribution in [0, 0.1) is 0 Å². The van der Waals surface area contributed by atoms with Gasteiger partial charge in [0.05, 0.1) is 12.0 Å². The Labute approximate surface area is 182 Å². The van der Waals surface area contributed by atoms with Gasteiger partial charge in [-0.3, -0.25) is 0 Å². The van der Waals surface area contributed by atoms with Crippen molar-refractivity contribution in [3.8, 4) is 5.75 Å². The molecule has 0 radical (unpaired) electrons. The maximum atomic E-state index is 12.3. The van der Waals surface area contributed by atoms with Gasteiger partial charge in [-0.25, -0.2) is 18.4 Å². The molecule has 0 heterocycles. The fourth-order valence-electron chi connectivity index (χ4n) is 3.93. The minimum absolute atomic E-state index is 0.0554. The second kappa shape index (κ2) is 9.24. The van der Waals surface area contributed by atoms with E-state index in [0.29, 0.717) is 17.3 Å². The van der Waals surface area contributed by atoms with Gasteiger partial charge in [0.25, 0.3) is 0 Å². The normalized spacial score (nSPS) is 16.6. The first-order valence-electron chi connectivity index (χ1n) is 9.69. The van der Waals surface area contributed by atoms with E-state index in [1.54, 1.807) is 37.4 Å². The molecule has 4 N–H and O–H groups in total. The van der Waals surface area contributed by atoms with Crippen molar-refractivity contribution in [1.29, 1.82) is 0 Å². The molecule has 0 bridgehead atoms. The fraction of sp³-hybridized carbons (Fsp3) is 0.381.